The summed E-state index contributed by atoms with van der Waals surface area (Å²) >= 11 is 7.62. The number of rotatable bonds is 6. The molecular formula is C15H16ClN3OS. The van der Waals surface area contributed by atoms with Crippen molar-refractivity contribution in [1.82, 2.24) is 10.3 Å². The predicted molar refractivity (Wildman–Crippen MR) is 86.8 cm³/mol. The van der Waals surface area contributed by atoms with Crippen LogP contribution in [0.1, 0.15) is 12.8 Å². The maximum absolute atomic E-state index is 11.7. The van der Waals surface area contributed by atoms with E-state index in [1.54, 1.807) is 0 Å². The molecule has 1 heterocycles. The molecule has 1 amide bonds. The highest BCUT2D eigenvalue weighted by Crippen LogP contribution is 2.30. The van der Waals surface area contributed by atoms with Crippen LogP contribution < -0.4 is 10.6 Å². The Morgan fingerprint density at radius 3 is 2.95 bits per heavy atom. The van der Waals surface area contributed by atoms with Crippen molar-refractivity contribution in [1.29, 1.82) is 0 Å². The molecule has 1 aromatic heterocycles. The summed E-state index contributed by atoms with van der Waals surface area (Å²) in [5.74, 6) is 0.706. The van der Waals surface area contributed by atoms with Crippen LogP contribution in [0.25, 0.3) is 11.3 Å². The minimum Gasteiger partial charge on any atom is -0.354 e. The molecule has 2 aromatic rings. The third kappa shape index (κ3) is 3.95. The number of carbonyl (C=O) groups is 1. The highest BCUT2D eigenvalue weighted by atomic mass is 35.5. The van der Waals surface area contributed by atoms with E-state index >= 15 is 0 Å². The third-order valence-corrected chi connectivity index (χ3v) is 4.47. The molecule has 3 rings (SSSR count). The molecule has 110 valence electrons. The number of hydrogen-bond acceptors (Lipinski definition) is 4. The lowest BCUT2D eigenvalue weighted by atomic mass is 10.2. The summed E-state index contributed by atoms with van der Waals surface area (Å²) in [7, 11) is 0. The molecule has 0 aliphatic heterocycles. The number of aromatic nitrogens is 1. The van der Waals surface area contributed by atoms with E-state index in [0.717, 1.165) is 22.9 Å². The van der Waals surface area contributed by atoms with E-state index in [4.69, 9.17) is 11.6 Å². The maximum atomic E-state index is 11.7. The second kappa shape index (κ2) is 6.45. The van der Waals surface area contributed by atoms with Gasteiger partial charge in [-0.1, -0.05) is 29.8 Å². The predicted octanol–water partition coefficient (Wildman–Crippen LogP) is 3.40. The third-order valence-electron chi connectivity index (χ3n) is 3.34. The van der Waals surface area contributed by atoms with Crippen molar-refractivity contribution < 1.29 is 4.79 Å². The number of amides is 1. The van der Waals surface area contributed by atoms with Crippen molar-refractivity contribution in [2.75, 3.05) is 18.4 Å². The number of nitrogens with one attached hydrogen (secondary N) is 2. The molecule has 21 heavy (non-hydrogen) atoms. The lowest BCUT2D eigenvalue weighted by Gasteiger charge is -2.04. The summed E-state index contributed by atoms with van der Waals surface area (Å²) in [6.07, 6.45) is 2.47. The van der Waals surface area contributed by atoms with Crippen LogP contribution in [-0.2, 0) is 4.79 Å². The second-order valence-electron chi connectivity index (χ2n) is 5.12. The Morgan fingerprint density at radius 2 is 2.19 bits per heavy atom. The van der Waals surface area contributed by atoms with Crippen LogP contribution >= 0.6 is 22.9 Å². The van der Waals surface area contributed by atoms with E-state index < -0.39 is 0 Å². The fourth-order valence-corrected chi connectivity index (χ4v) is 2.89. The Hall–Kier alpha value is -1.59. The van der Waals surface area contributed by atoms with Gasteiger partial charge in [-0.2, -0.15) is 0 Å². The topological polar surface area (TPSA) is 54.0 Å². The van der Waals surface area contributed by atoms with Gasteiger partial charge in [0, 0.05) is 22.5 Å². The zero-order chi connectivity index (χ0) is 14.7. The van der Waals surface area contributed by atoms with Gasteiger partial charge in [-0.3, -0.25) is 4.79 Å². The van der Waals surface area contributed by atoms with Crippen molar-refractivity contribution in [3.05, 3.63) is 34.7 Å². The maximum Gasteiger partial charge on any atom is 0.239 e. The number of thiazole rings is 1. The SMILES string of the molecule is O=C(CNc1nc(-c2ccccc2Cl)cs1)NCC1CC1. The minimum atomic E-state index is 0.0105. The van der Waals surface area contributed by atoms with Gasteiger partial charge in [0.2, 0.25) is 5.91 Å². The van der Waals surface area contributed by atoms with Gasteiger partial charge in [0.1, 0.15) is 0 Å². The molecule has 6 heteroatoms. The molecule has 0 unspecified atom stereocenters. The van der Waals surface area contributed by atoms with Gasteiger partial charge in [-0.15, -0.1) is 11.3 Å². The zero-order valence-electron chi connectivity index (χ0n) is 11.4. The molecule has 1 saturated carbocycles. The minimum absolute atomic E-state index is 0.0105. The summed E-state index contributed by atoms with van der Waals surface area (Å²) in [6.45, 7) is 1.05. The second-order valence-corrected chi connectivity index (χ2v) is 6.38. The Morgan fingerprint density at radius 1 is 1.38 bits per heavy atom. The molecule has 1 aliphatic rings. The van der Waals surface area contributed by atoms with E-state index in [9.17, 15) is 4.79 Å². The smallest absolute Gasteiger partial charge is 0.239 e. The normalized spacial score (nSPS) is 14.0. The van der Waals surface area contributed by atoms with E-state index in [1.807, 2.05) is 29.6 Å². The lowest BCUT2D eigenvalue weighted by molar-refractivity contribution is -0.119. The van der Waals surface area contributed by atoms with Gasteiger partial charge >= 0.3 is 0 Å². The van der Waals surface area contributed by atoms with Crippen molar-refractivity contribution in [2.24, 2.45) is 5.92 Å². The van der Waals surface area contributed by atoms with Gasteiger partial charge in [0.05, 0.1) is 12.2 Å². The molecular weight excluding hydrogens is 306 g/mol. The monoisotopic (exact) mass is 321 g/mol. The first-order valence-electron chi connectivity index (χ1n) is 6.93. The van der Waals surface area contributed by atoms with Gasteiger partial charge in [0.15, 0.2) is 5.13 Å². The highest BCUT2D eigenvalue weighted by molar-refractivity contribution is 7.14. The lowest BCUT2D eigenvalue weighted by Crippen LogP contribution is -2.31. The van der Waals surface area contributed by atoms with Gasteiger partial charge in [-0.25, -0.2) is 4.98 Å². The van der Waals surface area contributed by atoms with E-state index in [-0.39, 0.29) is 12.5 Å². The Kier molecular flexibility index (Phi) is 4.41. The first-order chi connectivity index (χ1) is 10.2. The number of carbonyl (C=O) groups excluding carboxylic acids is 1. The Labute approximate surface area is 132 Å². The molecule has 0 bridgehead atoms. The molecule has 4 nitrogen and oxygen atoms in total. The molecule has 1 aliphatic carbocycles. The van der Waals surface area contributed by atoms with Crippen LogP contribution in [0.2, 0.25) is 5.02 Å². The van der Waals surface area contributed by atoms with Crippen LogP contribution in [0.4, 0.5) is 5.13 Å². The van der Waals surface area contributed by atoms with Gasteiger partial charge in [0.25, 0.3) is 0 Å². The van der Waals surface area contributed by atoms with Crippen LogP contribution in [0.5, 0.6) is 0 Å². The average molecular weight is 322 g/mol. The summed E-state index contributed by atoms with van der Waals surface area (Å²) in [4.78, 5) is 16.1. The fourth-order valence-electron chi connectivity index (χ4n) is 1.95. The van der Waals surface area contributed by atoms with Crippen LogP contribution in [0, 0.1) is 5.92 Å². The van der Waals surface area contributed by atoms with E-state index in [1.165, 1.54) is 24.2 Å². The first-order valence-corrected chi connectivity index (χ1v) is 8.19. The molecule has 2 N–H and O–H groups in total. The van der Waals surface area contributed by atoms with Crippen molar-refractivity contribution in [2.45, 2.75) is 12.8 Å². The quantitative estimate of drug-likeness (QED) is 0.857. The Bertz CT molecular complexity index is 639. The average Bonchev–Trinajstić information content (AvgIpc) is 3.20. The molecule has 1 aromatic carbocycles. The molecule has 0 atom stereocenters. The zero-order valence-corrected chi connectivity index (χ0v) is 13.0. The van der Waals surface area contributed by atoms with Gasteiger partial charge in [-0.05, 0) is 24.8 Å². The highest BCUT2D eigenvalue weighted by Gasteiger charge is 2.21. The number of anilines is 1. The largest absolute Gasteiger partial charge is 0.354 e. The standard InChI is InChI=1S/C15H16ClN3OS/c16-12-4-2-1-3-11(12)13-9-21-15(19-13)18-8-14(20)17-7-10-5-6-10/h1-4,9-10H,5-8H2,(H,17,20)(H,18,19). The molecule has 0 saturated heterocycles. The summed E-state index contributed by atoms with van der Waals surface area (Å²) in [6, 6.07) is 7.60. The first kappa shape index (κ1) is 14.4. The molecule has 0 spiro atoms. The summed E-state index contributed by atoms with van der Waals surface area (Å²) in [5.41, 5.74) is 1.73. The van der Waals surface area contributed by atoms with Crippen molar-refractivity contribution in [3.63, 3.8) is 0 Å². The van der Waals surface area contributed by atoms with Crippen LogP contribution in [0.3, 0.4) is 0 Å². The molecule has 0 radical (unpaired) electrons. The number of hydrogen-bond donors (Lipinski definition) is 2. The Balaban J connectivity index is 1.55. The van der Waals surface area contributed by atoms with Gasteiger partial charge < -0.3 is 10.6 Å². The van der Waals surface area contributed by atoms with Crippen molar-refractivity contribution >= 4 is 34.0 Å². The van der Waals surface area contributed by atoms with E-state index in [2.05, 4.69) is 15.6 Å². The summed E-state index contributed by atoms with van der Waals surface area (Å²) < 4.78 is 0. The number of nitrogens with zero attached hydrogens (tertiary/aromatic N) is 1. The number of benzene rings is 1. The van der Waals surface area contributed by atoms with Crippen LogP contribution in [0.15, 0.2) is 29.6 Å². The van der Waals surface area contributed by atoms with E-state index in [0.29, 0.717) is 10.9 Å². The number of halogens is 1. The summed E-state index contributed by atoms with van der Waals surface area (Å²) in [5, 5.41) is 9.31. The van der Waals surface area contributed by atoms with Crippen molar-refractivity contribution in [3.8, 4) is 11.3 Å². The van der Waals surface area contributed by atoms with Crippen LogP contribution in [-0.4, -0.2) is 24.0 Å². The fraction of sp³-hybridized carbons (Fsp3) is 0.333. The molecule has 1 fully saturated rings.